The van der Waals surface area contributed by atoms with Gasteiger partial charge in [0.1, 0.15) is 0 Å². The Balaban J connectivity index is 2.51. The molecule has 3 aromatic rings. The first-order valence-electron chi connectivity index (χ1n) is 5.77. The zero-order chi connectivity index (χ0) is 14.3. The van der Waals surface area contributed by atoms with E-state index in [0.717, 1.165) is 20.1 Å². The third-order valence-corrected chi connectivity index (χ3v) is 4.41. The Morgan fingerprint density at radius 3 is 2.60 bits per heavy atom. The molecule has 3 rings (SSSR count). The number of H-pyrrole nitrogens is 1. The van der Waals surface area contributed by atoms with E-state index in [1.807, 2.05) is 41.0 Å². The van der Waals surface area contributed by atoms with E-state index in [4.69, 9.17) is 12.2 Å². The van der Waals surface area contributed by atoms with Gasteiger partial charge in [-0.15, -0.1) is 0 Å². The van der Waals surface area contributed by atoms with Gasteiger partial charge in [0.25, 0.3) is 5.56 Å². The van der Waals surface area contributed by atoms with Gasteiger partial charge >= 0.3 is 0 Å². The molecule has 0 aliphatic heterocycles. The van der Waals surface area contributed by atoms with Crippen LogP contribution in [0.5, 0.6) is 0 Å². The molecule has 100 valence electrons. The first kappa shape index (κ1) is 13.7. The molecule has 0 fully saturated rings. The number of aromatic amines is 1. The van der Waals surface area contributed by atoms with Gasteiger partial charge < -0.3 is 0 Å². The zero-order valence-electron chi connectivity index (χ0n) is 10.1. The summed E-state index contributed by atoms with van der Waals surface area (Å²) in [6.45, 7) is 0. The molecule has 0 amide bonds. The Morgan fingerprint density at radius 2 is 1.85 bits per heavy atom. The van der Waals surface area contributed by atoms with E-state index in [-0.39, 0.29) is 5.56 Å². The summed E-state index contributed by atoms with van der Waals surface area (Å²) in [7, 11) is 0. The largest absolute Gasteiger partial charge is 0.298 e. The highest BCUT2D eigenvalue weighted by Gasteiger charge is 2.09. The van der Waals surface area contributed by atoms with E-state index >= 15 is 0 Å². The van der Waals surface area contributed by atoms with Crippen molar-refractivity contribution in [2.75, 3.05) is 0 Å². The molecule has 0 bridgehead atoms. The van der Waals surface area contributed by atoms with Crippen molar-refractivity contribution in [3.8, 4) is 5.69 Å². The molecule has 0 radical (unpaired) electrons. The molecular weight excluding hydrogens is 404 g/mol. The van der Waals surface area contributed by atoms with Crippen LogP contribution in [0.25, 0.3) is 16.6 Å². The number of rotatable bonds is 1. The van der Waals surface area contributed by atoms with Crippen molar-refractivity contribution in [2.24, 2.45) is 0 Å². The molecule has 0 aliphatic rings. The monoisotopic (exact) mass is 410 g/mol. The molecule has 0 spiro atoms. The predicted molar refractivity (Wildman–Crippen MR) is 90.1 cm³/mol. The van der Waals surface area contributed by atoms with Crippen molar-refractivity contribution >= 4 is 55.0 Å². The summed E-state index contributed by atoms with van der Waals surface area (Å²) in [4.78, 5) is 14.8. The van der Waals surface area contributed by atoms with Gasteiger partial charge in [-0.05, 0) is 58.5 Å². The number of hydrogen-bond donors (Lipinski definition) is 1. The average molecular weight is 412 g/mol. The van der Waals surface area contributed by atoms with Gasteiger partial charge in [-0.25, -0.2) is 0 Å². The summed E-state index contributed by atoms with van der Waals surface area (Å²) in [6, 6.07) is 13.3. The summed E-state index contributed by atoms with van der Waals surface area (Å²) >= 11 is 12.2. The number of fused-ring (bicyclic) bond motifs is 1. The Morgan fingerprint density at radius 1 is 1.10 bits per heavy atom. The number of hydrogen-bond acceptors (Lipinski definition) is 2. The molecule has 6 heteroatoms. The summed E-state index contributed by atoms with van der Waals surface area (Å²) in [6.07, 6.45) is 0. The summed E-state index contributed by atoms with van der Waals surface area (Å²) in [5, 5.41) is 0.587. The van der Waals surface area contributed by atoms with E-state index in [9.17, 15) is 4.79 Å². The van der Waals surface area contributed by atoms with E-state index < -0.39 is 0 Å². The maximum Gasteiger partial charge on any atom is 0.259 e. The van der Waals surface area contributed by atoms with Crippen molar-refractivity contribution in [1.82, 2.24) is 9.55 Å². The Bertz CT molecular complexity index is 930. The van der Waals surface area contributed by atoms with Crippen LogP contribution in [0.2, 0.25) is 0 Å². The molecule has 2 aromatic carbocycles. The topological polar surface area (TPSA) is 37.8 Å². The number of aromatic nitrogens is 2. The fourth-order valence-electron chi connectivity index (χ4n) is 2.09. The molecule has 20 heavy (non-hydrogen) atoms. The number of para-hydroxylation sites is 1. The molecule has 1 heterocycles. The van der Waals surface area contributed by atoms with Gasteiger partial charge in [-0.3, -0.25) is 14.3 Å². The fraction of sp³-hybridized carbons (Fsp3) is 0. The van der Waals surface area contributed by atoms with Gasteiger partial charge in [-0.1, -0.05) is 28.1 Å². The second-order valence-corrected chi connectivity index (χ2v) is 6.36. The Kier molecular flexibility index (Phi) is 3.62. The quantitative estimate of drug-likeness (QED) is 0.595. The number of nitrogens with zero attached hydrogens (tertiary/aromatic N) is 1. The molecule has 3 nitrogen and oxygen atoms in total. The zero-order valence-corrected chi connectivity index (χ0v) is 14.0. The molecule has 0 unspecified atom stereocenters. The maximum absolute atomic E-state index is 12.1. The summed E-state index contributed by atoms with van der Waals surface area (Å²) < 4.78 is 3.98. The van der Waals surface area contributed by atoms with E-state index in [2.05, 4.69) is 36.8 Å². The van der Waals surface area contributed by atoms with Crippen LogP contribution in [-0.2, 0) is 0 Å². The predicted octanol–water partition coefficient (Wildman–Crippen LogP) is 4.57. The van der Waals surface area contributed by atoms with Crippen LogP contribution in [0, 0.1) is 4.77 Å². The van der Waals surface area contributed by atoms with Gasteiger partial charge in [0.2, 0.25) is 0 Å². The third-order valence-electron chi connectivity index (χ3n) is 2.96. The van der Waals surface area contributed by atoms with Crippen LogP contribution < -0.4 is 5.56 Å². The molecular formula is C14H8Br2N2OS. The first-order valence-corrected chi connectivity index (χ1v) is 7.77. The molecule has 0 aliphatic carbocycles. The standard InChI is InChI=1S/C14H8Br2N2OS/c15-8-5-6-11-9(7-8)13(19)17-14(20)18(11)12-4-2-1-3-10(12)16/h1-7H,(H,17,19,20). The highest BCUT2D eigenvalue weighted by molar-refractivity contribution is 9.10. The van der Waals surface area contributed by atoms with Crippen molar-refractivity contribution in [3.63, 3.8) is 0 Å². The van der Waals surface area contributed by atoms with Crippen molar-refractivity contribution in [3.05, 3.63) is 66.5 Å². The third kappa shape index (κ3) is 2.28. The number of benzene rings is 2. The summed E-state index contributed by atoms with van der Waals surface area (Å²) in [5.74, 6) is 0. The molecule has 1 aromatic heterocycles. The lowest BCUT2D eigenvalue weighted by molar-refractivity contribution is 0.983. The fourth-order valence-corrected chi connectivity index (χ4v) is 3.20. The van der Waals surface area contributed by atoms with Gasteiger partial charge in [0, 0.05) is 8.95 Å². The van der Waals surface area contributed by atoms with E-state index in [1.54, 1.807) is 6.07 Å². The molecule has 0 saturated carbocycles. The Labute approximate surface area is 136 Å². The van der Waals surface area contributed by atoms with E-state index in [1.165, 1.54) is 0 Å². The van der Waals surface area contributed by atoms with Gasteiger partial charge in [-0.2, -0.15) is 0 Å². The van der Waals surface area contributed by atoms with Crippen molar-refractivity contribution in [1.29, 1.82) is 0 Å². The minimum atomic E-state index is -0.186. The Hall–Kier alpha value is -1.24. The summed E-state index contributed by atoms with van der Waals surface area (Å²) in [5.41, 5.74) is 1.48. The lowest BCUT2D eigenvalue weighted by Crippen LogP contribution is -2.13. The second-order valence-electron chi connectivity index (χ2n) is 4.21. The lowest BCUT2D eigenvalue weighted by Gasteiger charge is -2.12. The van der Waals surface area contributed by atoms with Crippen LogP contribution in [0.15, 0.2) is 56.2 Å². The SMILES string of the molecule is O=c1[nH]c(=S)n(-c2ccccc2Br)c2ccc(Br)cc12. The van der Waals surface area contributed by atoms with Crippen LogP contribution in [0.1, 0.15) is 0 Å². The average Bonchev–Trinajstić information content (AvgIpc) is 2.41. The maximum atomic E-state index is 12.1. The minimum absolute atomic E-state index is 0.186. The number of nitrogens with one attached hydrogen (secondary N) is 1. The lowest BCUT2D eigenvalue weighted by atomic mass is 10.2. The highest BCUT2D eigenvalue weighted by atomic mass is 79.9. The van der Waals surface area contributed by atoms with Crippen molar-refractivity contribution in [2.45, 2.75) is 0 Å². The normalized spacial score (nSPS) is 10.9. The molecule has 0 atom stereocenters. The van der Waals surface area contributed by atoms with Crippen LogP contribution >= 0.6 is 44.1 Å². The van der Waals surface area contributed by atoms with Crippen LogP contribution in [0.4, 0.5) is 0 Å². The number of halogens is 2. The molecule has 0 saturated heterocycles. The second kappa shape index (κ2) is 5.27. The minimum Gasteiger partial charge on any atom is -0.298 e. The highest BCUT2D eigenvalue weighted by Crippen LogP contribution is 2.25. The van der Waals surface area contributed by atoms with Gasteiger partial charge in [0.15, 0.2) is 4.77 Å². The smallest absolute Gasteiger partial charge is 0.259 e. The van der Waals surface area contributed by atoms with Gasteiger partial charge in [0.05, 0.1) is 16.6 Å². The molecule has 1 N–H and O–H groups in total. The van der Waals surface area contributed by atoms with E-state index in [0.29, 0.717) is 10.2 Å². The van der Waals surface area contributed by atoms with Crippen LogP contribution in [-0.4, -0.2) is 9.55 Å². The van der Waals surface area contributed by atoms with Crippen molar-refractivity contribution < 1.29 is 0 Å². The first-order chi connectivity index (χ1) is 9.58. The van der Waals surface area contributed by atoms with Crippen LogP contribution in [0.3, 0.4) is 0 Å².